The van der Waals surface area contributed by atoms with E-state index < -0.39 is 0 Å². The molecular weight excluding hydrogens is 394 g/mol. The van der Waals surface area contributed by atoms with Crippen LogP contribution < -0.4 is 0 Å². The van der Waals surface area contributed by atoms with Crippen molar-refractivity contribution in [1.82, 2.24) is 4.98 Å². The third kappa shape index (κ3) is 4.04. The van der Waals surface area contributed by atoms with Gasteiger partial charge in [-0.25, -0.2) is 0 Å². The van der Waals surface area contributed by atoms with E-state index in [9.17, 15) is 0 Å². The second-order valence-electron chi connectivity index (χ2n) is 8.99. The lowest BCUT2D eigenvalue weighted by atomic mass is 9.86. The molecule has 0 atom stereocenters. The number of nitrogens with zero attached hydrogens (tertiary/aromatic N) is 1. The normalized spacial score (nSPS) is 11.7. The highest BCUT2D eigenvalue weighted by Crippen LogP contribution is 2.36. The van der Waals surface area contributed by atoms with E-state index in [0.717, 1.165) is 11.3 Å². The highest BCUT2D eigenvalue weighted by Gasteiger charge is 2.14. The first-order valence-electron chi connectivity index (χ1n) is 10.6. The second-order valence-corrected chi connectivity index (χ2v) is 10.1. The molecule has 3 aromatic carbocycles. The van der Waals surface area contributed by atoms with E-state index in [2.05, 4.69) is 106 Å². The van der Waals surface area contributed by atoms with Gasteiger partial charge in [-0.15, -0.1) is 11.3 Å². The number of rotatable bonds is 3. The van der Waals surface area contributed by atoms with Gasteiger partial charge in [-0.3, -0.25) is 4.98 Å². The van der Waals surface area contributed by atoms with E-state index in [1.165, 1.54) is 37.2 Å². The highest BCUT2D eigenvalue weighted by molar-refractivity contribution is 7.22. The van der Waals surface area contributed by atoms with Gasteiger partial charge in [0.15, 0.2) is 0 Å². The lowest BCUT2D eigenvalue weighted by Gasteiger charge is -2.18. The number of aromatic nitrogens is 1. The number of fused-ring (bicyclic) bond motifs is 1. The van der Waals surface area contributed by atoms with Crippen LogP contribution in [0.3, 0.4) is 0 Å². The topological polar surface area (TPSA) is 12.9 Å². The van der Waals surface area contributed by atoms with Crippen molar-refractivity contribution in [2.75, 3.05) is 0 Å². The number of benzene rings is 3. The Kier molecular flexibility index (Phi) is 4.95. The molecule has 0 saturated carbocycles. The van der Waals surface area contributed by atoms with Crippen molar-refractivity contribution in [3.63, 3.8) is 0 Å². The Balaban J connectivity index is 1.49. The molecular formula is C29H25NS. The van der Waals surface area contributed by atoms with Gasteiger partial charge >= 0.3 is 0 Å². The summed E-state index contributed by atoms with van der Waals surface area (Å²) in [5.74, 6) is 0. The first-order valence-corrected chi connectivity index (χ1v) is 11.5. The fourth-order valence-corrected chi connectivity index (χ4v) is 4.89. The largest absolute Gasteiger partial charge is 0.255 e. The van der Waals surface area contributed by atoms with Gasteiger partial charge in [-0.2, -0.15) is 0 Å². The van der Waals surface area contributed by atoms with Crippen LogP contribution >= 0.6 is 11.3 Å². The smallest absolute Gasteiger partial charge is 0.0709 e. The van der Waals surface area contributed by atoms with Crippen LogP contribution in [0, 0.1) is 0 Å². The van der Waals surface area contributed by atoms with E-state index in [1.54, 1.807) is 11.3 Å². The summed E-state index contributed by atoms with van der Waals surface area (Å²) in [5.41, 5.74) is 7.39. The summed E-state index contributed by atoms with van der Waals surface area (Å²) in [7, 11) is 0. The summed E-state index contributed by atoms with van der Waals surface area (Å²) < 4.78 is 1.22. The van der Waals surface area contributed by atoms with Crippen molar-refractivity contribution < 1.29 is 0 Å². The Morgan fingerprint density at radius 3 is 2.10 bits per heavy atom. The van der Waals surface area contributed by atoms with E-state index in [4.69, 9.17) is 4.98 Å². The van der Waals surface area contributed by atoms with Gasteiger partial charge in [0.2, 0.25) is 0 Å². The molecule has 0 fully saturated rings. The predicted octanol–water partition coefficient (Wildman–Crippen LogP) is 8.59. The molecule has 0 radical (unpaired) electrons. The molecule has 31 heavy (non-hydrogen) atoms. The van der Waals surface area contributed by atoms with Crippen molar-refractivity contribution >= 4 is 21.4 Å². The van der Waals surface area contributed by atoms with Crippen LogP contribution in [0.15, 0.2) is 97.2 Å². The Bertz CT molecular complexity index is 1340. The molecule has 1 nitrogen and oxygen atoms in total. The van der Waals surface area contributed by atoms with Crippen molar-refractivity contribution in [2.45, 2.75) is 26.2 Å². The monoisotopic (exact) mass is 419 g/mol. The molecule has 0 N–H and O–H groups in total. The van der Waals surface area contributed by atoms with E-state index in [0.29, 0.717) is 0 Å². The zero-order chi connectivity index (χ0) is 21.4. The van der Waals surface area contributed by atoms with Crippen LogP contribution in [0.1, 0.15) is 26.3 Å². The predicted molar refractivity (Wildman–Crippen MR) is 135 cm³/mol. The van der Waals surface area contributed by atoms with E-state index in [1.807, 2.05) is 12.3 Å². The number of thiophene rings is 1. The molecule has 0 bridgehead atoms. The van der Waals surface area contributed by atoms with Crippen LogP contribution in [0.25, 0.3) is 42.9 Å². The van der Waals surface area contributed by atoms with Gasteiger partial charge in [0.25, 0.3) is 0 Å². The van der Waals surface area contributed by atoms with Crippen LogP contribution in [0.4, 0.5) is 0 Å². The van der Waals surface area contributed by atoms with Gasteiger partial charge in [0.1, 0.15) is 0 Å². The SMILES string of the molecule is CC(C)(C)c1ccc(-c2cc3cc(-c4cccc(-c5ccccc5)c4)ncc3s2)cc1. The fraction of sp³-hybridized carbons (Fsp3) is 0.138. The molecule has 2 aromatic heterocycles. The minimum absolute atomic E-state index is 0.172. The molecule has 152 valence electrons. The molecule has 0 amide bonds. The summed E-state index contributed by atoms with van der Waals surface area (Å²) in [4.78, 5) is 6.06. The van der Waals surface area contributed by atoms with E-state index >= 15 is 0 Å². The van der Waals surface area contributed by atoms with Gasteiger partial charge in [-0.1, -0.05) is 93.6 Å². The molecule has 0 saturated heterocycles. The van der Waals surface area contributed by atoms with Gasteiger partial charge in [0.05, 0.1) is 10.4 Å². The summed E-state index contributed by atoms with van der Waals surface area (Å²) in [5, 5.41) is 1.25. The molecule has 0 spiro atoms. The molecule has 2 heterocycles. The standard InChI is InChI=1S/C29H25NS/c1-29(2,3)25-14-12-21(13-15-25)27-18-24-17-26(30-19-28(24)31-27)23-11-7-10-22(16-23)20-8-5-4-6-9-20/h4-19H,1-3H3. The molecule has 5 aromatic rings. The van der Waals surface area contributed by atoms with Gasteiger partial charge in [0, 0.05) is 16.6 Å². The third-order valence-electron chi connectivity index (χ3n) is 5.71. The minimum atomic E-state index is 0.172. The number of pyridine rings is 1. The molecule has 0 aliphatic carbocycles. The maximum absolute atomic E-state index is 4.78. The summed E-state index contributed by atoms with van der Waals surface area (Å²) in [6, 6.07) is 32.6. The molecule has 0 unspecified atom stereocenters. The zero-order valence-corrected chi connectivity index (χ0v) is 18.9. The average Bonchev–Trinajstić information content (AvgIpc) is 3.23. The fourth-order valence-electron chi connectivity index (χ4n) is 3.87. The maximum atomic E-state index is 4.78. The van der Waals surface area contributed by atoms with Crippen LogP contribution in [0.5, 0.6) is 0 Å². The molecule has 5 rings (SSSR count). The summed E-state index contributed by atoms with van der Waals surface area (Å²) >= 11 is 1.81. The second kappa shape index (κ2) is 7.79. The molecule has 2 heteroatoms. The Morgan fingerprint density at radius 2 is 1.35 bits per heavy atom. The highest BCUT2D eigenvalue weighted by atomic mass is 32.1. The lowest BCUT2D eigenvalue weighted by Crippen LogP contribution is -2.10. The van der Waals surface area contributed by atoms with Crippen LogP contribution in [-0.4, -0.2) is 4.98 Å². The minimum Gasteiger partial charge on any atom is -0.255 e. The third-order valence-corrected chi connectivity index (χ3v) is 6.84. The molecule has 0 aliphatic heterocycles. The van der Waals surface area contributed by atoms with Gasteiger partial charge in [-0.05, 0) is 51.3 Å². The molecule has 0 aliphatic rings. The summed E-state index contributed by atoms with van der Waals surface area (Å²) in [6.45, 7) is 6.75. The maximum Gasteiger partial charge on any atom is 0.0709 e. The lowest BCUT2D eigenvalue weighted by molar-refractivity contribution is 0.590. The Labute approximate surface area is 188 Å². The quantitative estimate of drug-likeness (QED) is 0.285. The number of hydrogen-bond acceptors (Lipinski definition) is 2. The first-order chi connectivity index (χ1) is 15.0. The number of hydrogen-bond donors (Lipinski definition) is 0. The van der Waals surface area contributed by atoms with Crippen LogP contribution in [0.2, 0.25) is 0 Å². The van der Waals surface area contributed by atoms with Crippen molar-refractivity contribution in [3.8, 4) is 32.8 Å². The van der Waals surface area contributed by atoms with Crippen LogP contribution in [-0.2, 0) is 5.41 Å². The van der Waals surface area contributed by atoms with Crippen molar-refractivity contribution in [2.24, 2.45) is 0 Å². The Hall–Kier alpha value is -3.23. The van der Waals surface area contributed by atoms with Crippen molar-refractivity contribution in [1.29, 1.82) is 0 Å². The van der Waals surface area contributed by atoms with Gasteiger partial charge < -0.3 is 0 Å². The zero-order valence-electron chi connectivity index (χ0n) is 18.1. The summed E-state index contributed by atoms with van der Waals surface area (Å²) in [6.07, 6.45) is 2.01. The average molecular weight is 420 g/mol. The van der Waals surface area contributed by atoms with Crippen molar-refractivity contribution in [3.05, 3.63) is 103 Å². The first kappa shape index (κ1) is 19.7. The van der Waals surface area contributed by atoms with E-state index in [-0.39, 0.29) is 5.41 Å². The Morgan fingerprint density at radius 1 is 0.645 bits per heavy atom.